The SMILES string of the molecule is C#CC[C@@]1(O)CC2=CC(=O)OC2=C(c2ccccc2)C1. The summed E-state index contributed by atoms with van der Waals surface area (Å²) < 4.78 is 5.29. The first-order valence-corrected chi connectivity index (χ1v) is 6.48. The van der Waals surface area contributed by atoms with Crippen LogP contribution in [0.2, 0.25) is 0 Å². The maximum Gasteiger partial charge on any atom is 0.336 e. The summed E-state index contributed by atoms with van der Waals surface area (Å²) in [6.45, 7) is 0. The molecule has 0 unspecified atom stereocenters. The van der Waals surface area contributed by atoms with Gasteiger partial charge < -0.3 is 9.84 Å². The molecule has 0 saturated carbocycles. The molecule has 100 valence electrons. The monoisotopic (exact) mass is 266 g/mol. The summed E-state index contributed by atoms with van der Waals surface area (Å²) in [7, 11) is 0. The molecule has 0 aromatic heterocycles. The van der Waals surface area contributed by atoms with E-state index in [0.717, 1.165) is 16.7 Å². The number of carbonyl (C=O) groups is 1. The van der Waals surface area contributed by atoms with Crippen molar-refractivity contribution in [2.75, 3.05) is 0 Å². The van der Waals surface area contributed by atoms with Gasteiger partial charge in [0.15, 0.2) is 0 Å². The predicted octanol–water partition coefficient (Wildman–Crippen LogP) is 2.43. The fourth-order valence-corrected chi connectivity index (χ4v) is 2.80. The van der Waals surface area contributed by atoms with Crippen LogP contribution in [0.5, 0.6) is 0 Å². The minimum atomic E-state index is -1.01. The van der Waals surface area contributed by atoms with E-state index in [0.29, 0.717) is 18.6 Å². The molecule has 1 N–H and O–H groups in total. The molecule has 1 aromatic carbocycles. The normalized spacial score (nSPS) is 24.8. The molecule has 0 saturated heterocycles. The van der Waals surface area contributed by atoms with E-state index >= 15 is 0 Å². The van der Waals surface area contributed by atoms with Gasteiger partial charge in [-0.1, -0.05) is 30.3 Å². The molecule has 0 bridgehead atoms. The molecule has 1 heterocycles. The zero-order valence-electron chi connectivity index (χ0n) is 10.9. The Labute approximate surface area is 117 Å². The number of ether oxygens (including phenoxy) is 1. The molecule has 0 radical (unpaired) electrons. The van der Waals surface area contributed by atoms with E-state index in [4.69, 9.17) is 11.2 Å². The number of fused-ring (bicyclic) bond motifs is 1. The summed E-state index contributed by atoms with van der Waals surface area (Å²) in [6, 6.07) is 9.62. The average molecular weight is 266 g/mol. The Hall–Kier alpha value is -2.31. The first kappa shape index (κ1) is 12.7. The van der Waals surface area contributed by atoms with Crippen LogP contribution in [-0.4, -0.2) is 16.7 Å². The van der Waals surface area contributed by atoms with Crippen LogP contribution in [0.15, 0.2) is 47.7 Å². The summed E-state index contributed by atoms with van der Waals surface area (Å²) in [5, 5.41) is 10.7. The number of terminal acetylenes is 1. The van der Waals surface area contributed by atoms with Crippen molar-refractivity contribution in [3.63, 3.8) is 0 Å². The van der Waals surface area contributed by atoms with Crippen LogP contribution in [0, 0.1) is 12.3 Å². The number of hydrogen-bond donors (Lipinski definition) is 1. The van der Waals surface area contributed by atoms with Gasteiger partial charge in [-0.3, -0.25) is 0 Å². The lowest BCUT2D eigenvalue weighted by Crippen LogP contribution is -2.32. The fraction of sp³-hybridized carbons (Fsp3) is 0.235. The highest BCUT2D eigenvalue weighted by atomic mass is 16.5. The van der Waals surface area contributed by atoms with Crippen LogP contribution in [0.4, 0.5) is 0 Å². The standard InChI is InChI=1S/C17H14O3/c1-2-8-17(19)10-13-9-15(18)20-16(13)14(11-17)12-6-4-3-5-7-12/h1,3-7,9,19H,8,10-11H2/t17-/m1/s1. The van der Waals surface area contributed by atoms with Gasteiger partial charge in [0.05, 0.1) is 5.60 Å². The summed E-state index contributed by atoms with van der Waals surface area (Å²) in [5.41, 5.74) is 1.51. The third kappa shape index (κ3) is 2.15. The van der Waals surface area contributed by atoms with Crippen molar-refractivity contribution < 1.29 is 14.6 Å². The summed E-state index contributed by atoms with van der Waals surface area (Å²) in [4.78, 5) is 11.5. The Morgan fingerprint density at radius 1 is 1.30 bits per heavy atom. The number of allylic oxidation sites excluding steroid dienone is 1. The van der Waals surface area contributed by atoms with Crippen molar-refractivity contribution in [2.24, 2.45) is 0 Å². The van der Waals surface area contributed by atoms with E-state index in [2.05, 4.69) is 5.92 Å². The maximum atomic E-state index is 11.5. The Morgan fingerprint density at radius 2 is 2.05 bits per heavy atom. The lowest BCUT2D eigenvalue weighted by Gasteiger charge is -2.33. The number of benzene rings is 1. The van der Waals surface area contributed by atoms with Crippen molar-refractivity contribution in [2.45, 2.75) is 24.9 Å². The largest absolute Gasteiger partial charge is 0.423 e. The number of hydrogen-bond acceptors (Lipinski definition) is 3. The first-order valence-electron chi connectivity index (χ1n) is 6.48. The molecule has 3 heteroatoms. The molecule has 1 aromatic rings. The van der Waals surface area contributed by atoms with Gasteiger partial charge in [-0.05, 0) is 5.56 Å². The van der Waals surface area contributed by atoms with Gasteiger partial charge in [-0.15, -0.1) is 12.3 Å². The van der Waals surface area contributed by atoms with E-state index in [1.807, 2.05) is 30.3 Å². The van der Waals surface area contributed by atoms with Gasteiger partial charge in [-0.2, -0.15) is 0 Å². The molecule has 3 rings (SSSR count). The smallest absolute Gasteiger partial charge is 0.336 e. The Balaban J connectivity index is 2.10. The van der Waals surface area contributed by atoms with Gasteiger partial charge in [0.1, 0.15) is 5.76 Å². The minimum absolute atomic E-state index is 0.252. The molecule has 20 heavy (non-hydrogen) atoms. The highest BCUT2D eigenvalue weighted by Gasteiger charge is 2.40. The van der Waals surface area contributed by atoms with E-state index in [1.54, 1.807) is 0 Å². The van der Waals surface area contributed by atoms with Crippen LogP contribution in [-0.2, 0) is 9.53 Å². The highest BCUT2D eigenvalue weighted by molar-refractivity contribution is 5.92. The van der Waals surface area contributed by atoms with Gasteiger partial charge in [-0.25, -0.2) is 4.79 Å². The second-order valence-corrected chi connectivity index (χ2v) is 5.22. The highest BCUT2D eigenvalue weighted by Crippen LogP contribution is 2.44. The molecule has 0 fully saturated rings. The molecular formula is C17H14O3. The number of esters is 1. The Bertz CT molecular complexity index is 661. The second kappa shape index (κ2) is 4.66. The molecule has 3 nitrogen and oxygen atoms in total. The van der Waals surface area contributed by atoms with Crippen LogP contribution >= 0.6 is 0 Å². The third-order valence-corrected chi connectivity index (χ3v) is 3.64. The molecule has 0 spiro atoms. The molecule has 1 aliphatic heterocycles. The molecular weight excluding hydrogens is 252 g/mol. The number of rotatable bonds is 2. The van der Waals surface area contributed by atoms with Gasteiger partial charge >= 0.3 is 5.97 Å². The van der Waals surface area contributed by atoms with Gasteiger partial charge in [0.25, 0.3) is 0 Å². The van der Waals surface area contributed by atoms with Crippen LogP contribution < -0.4 is 0 Å². The average Bonchev–Trinajstić information content (AvgIpc) is 2.78. The van der Waals surface area contributed by atoms with Gasteiger partial charge in [0, 0.05) is 36.5 Å². The lowest BCUT2D eigenvalue weighted by molar-refractivity contribution is -0.132. The predicted molar refractivity (Wildman–Crippen MR) is 75.2 cm³/mol. The Kier molecular flexibility index (Phi) is 2.96. The van der Waals surface area contributed by atoms with Crippen molar-refractivity contribution >= 4 is 11.5 Å². The molecule has 0 amide bonds. The van der Waals surface area contributed by atoms with Crippen molar-refractivity contribution in [1.29, 1.82) is 0 Å². The molecule has 2 aliphatic rings. The first-order chi connectivity index (χ1) is 9.61. The topological polar surface area (TPSA) is 46.5 Å². The number of carbonyl (C=O) groups excluding carboxylic acids is 1. The maximum absolute atomic E-state index is 11.5. The van der Waals surface area contributed by atoms with Gasteiger partial charge in [0.2, 0.25) is 0 Å². The zero-order chi connectivity index (χ0) is 14.2. The zero-order valence-corrected chi connectivity index (χ0v) is 10.9. The third-order valence-electron chi connectivity index (χ3n) is 3.64. The minimum Gasteiger partial charge on any atom is -0.423 e. The quantitative estimate of drug-likeness (QED) is 0.660. The Morgan fingerprint density at radius 3 is 2.75 bits per heavy atom. The second-order valence-electron chi connectivity index (χ2n) is 5.22. The van der Waals surface area contributed by atoms with E-state index in [9.17, 15) is 9.90 Å². The summed E-state index contributed by atoms with van der Waals surface area (Å²) in [6.07, 6.45) is 7.79. The molecule has 1 aliphatic carbocycles. The van der Waals surface area contributed by atoms with E-state index in [1.165, 1.54) is 6.08 Å². The van der Waals surface area contributed by atoms with Crippen LogP contribution in [0.25, 0.3) is 5.57 Å². The van der Waals surface area contributed by atoms with Crippen LogP contribution in [0.1, 0.15) is 24.8 Å². The summed E-state index contributed by atoms with van der Waals surface area (Å²) in [5.74, 6) is 2.72. The summed E-state index contributed by atoms with van der Waals surface area (Å²) >= 11 is 0. The van der Waals surface area contributed by atoms with Crippen molar-refractivity contribution in [1.82, 2.24) is 0 Å². The fourth-order valence-electron chi connectivity index (χ4n) is 2.80. The molecule has 1 atom stereocenters. The van der Waals surface area contributed by atoms with Crippen molar-refractivity contribution in [3.8, 4) is 12.3 Å². The van der Waals surface area contributed by atoms with Crippen LogP contribution in [0.3, 0.4) is 0 Å². The number of aliphatic hydroxyl groups is 1. The van der Waals surface area contributed by atoms with Crippen molar-refractivity contribution in [3.05, 3.63) is 53.3 Å². The lowest BCUT2D eigenvalue weighted by atomic mass is 9.77. The van der Waals surface area contributed by atoms with E-state index < -0.39 is 5.60 Å². The van der Waals surface area contributed by atoms with E-state index in [-0.39, 0.29) is 12.4 Å².